The van der Waals surface area contributed by atoms with Crippen molar-refractivity contribution in [3.8, 4) is 5.69 Å². The molecule has 0 atom stereocenters. The summed E-state index contributed by atoms with van der Waals surface area (Å²) in [5, 5.41) is 6.13. The average molecular weight is 822 g/mol. The fourth-order valence-corrected chi connectivity index (χ4v) is 11.2. The highest BCUT2D eigenvalue weighted by Gasteiger charge is 2.22. The molecule has 0 aliphatic heterocycles. The number of para-hydroxylation sites is 1. The molecule has 5 heteroatoms. The Morgan fingerprint density at radius 2 is 1.23 bits per heavy atom. The molecule has 0 radical (unpaired) electrons. The van der Waals surface area contributed by atoms with E-state index in [1.54, 1.807) is 22.7 Å². The van der Waals surface area contributed by atoms with Gasteiger partial charge in [0.1, 0.15) is 0 Å². The molecule has 0 amide bonds. The van der Waals surface area contributed by atoms with Crippen LogP contribution < -0.4 is 0 Å². The number of benzene rings is 7. The summed E-state index contributed by atoms with van der Waals surface area (Å²) in [6, 6.07) is 56.2. The topological polar surface area (TPSA) is 29.6 Å². The summed E-state index contributed by atoms with van der Waals surface area (Å²) >= 11 is 3.58. The van der Waals surface area contributed by atoms with E-state index >= 15 is 0 Å². The van der Waals surface area contributed by atoms with Gasteiger partial charge in [0.25, 0.3) is 0 Å². The molecule has 0 bridgehead atoms. The number of allylic oxidation sites excluding steroid dienone is 2. The Hall–Kier alpha value is -6.92. The molecule has 0 saturated carbocycles. The summed E-state index contributed by atoms with van der Waals surface area (Å²) in [7, 11) is 0. The highest BCUT2D eigenvalue weighted by molar-refractivity contribution is 7.26. The lowest BCUT2D eigenvalue weighted by molar-refractivity contribution is 1.07. The molecule has 0 fully saturated rings. The van der Waals surface area contributed by atoms with Gasteiger partial charge in [0, 0.05) is 74.7 Å². The minimum atomic E-state index is 0.656. The monoisotopic (exact) mass is 821 g/mol. The molecule has 3 aromatic heterocycles. The van der Waals surface area contributed by atoms with Gasteiger partial charge < -0.3 is 4.57 Å². The van der Waals surface area contributed by atoms with Gasteiger partial charge in [0.2, 0.25) is 0 Å². The maximum Gasteiger partial charge on any atom is 0.161 e. The van der Waals surface area contributed by atoms with E-state index in [0.29, 0.717) is 11.5 Å². The van der Waals surface area contributed by atoms with Gasteiger partial charge in [-0.2, -0.15) is 0 Å². The molecule has 0 spiro atoms. The summed E-state index contributed by atoms with van der Waals surface area (Å²) in [4.78, 5) is 10.6. The normalized spacial score (nSPS) is 13.5. The molecule has 7 aromatic carbocycles. The number of hydrogen-bond donors (Lipinski definition) is 0. The number of rotatable bonds is 5. The van der Waals surface area contributed by atoms with Gasteiger partial charge >= 0.3 is 0 Å². The van der Waals surface area contributed by atoms with Crippen LogP contribution in [0.3, 0.4) is 0 Å². The molecule has 61 heavy (non-hydrogen) atoms. The first kappa shape index (κ1) is 38.3. The van der Waals surface area contributed by atoms with Crippen LogP contribution in [-0.2, 0) is 6.42 Å². The minimum absolute atomic E-state index is 0.656. The van der Waals surface area contributed by atoms with E-state index in [9.17, 15) is 0 Å². The van der Waals surface area contributed by atoms with Crippen LogP contribution >= 0.6 is 22.7 Å². The highest BCUT2D eigenvalue weighted by Crippen LogP contribution is 2.42. The first-order valence-electron chi connectivity index (χ1n) is 20.8. The van der Waals surface area contributed by atoms with Gasteiger partial charge in [0.05, 0.1) is 16.9 Å². The van der Waals surface area contributed by atoms with Crippen LogP contribution in [0.15, 0.2) is 187 Å². The van der Waals surface area contributed by atoms with Crippen molar-refractivity contribution in [3.63, 3.8) is 0 Å². The second-order valence-corrected chi connectivity index (χ2v) is 17.2. The van der Waals surface area contributed by atoms with E-state index in [1.807, 2.05) is 32.0 Å². The van der Waals surface area contributed by atoms with Crippen LogP contribution in [-0.4, -0.2) is 16.1 Å². The maximum atomic E-state index is 5.33. The van der Waals surface area contributed by atoms with E-state index in [2.05, 4.69) is 176 Å². The zero-order valence-electron chi connectivity index (χ0n) is 34.4. The number of aliphatic imine (C=N–C) groups is 2. The van der Waals surface area contributed by atoms with Crippen molar-refractivity contribution < 1.29 is 0 Å². The number of hydrogen-bond acceptors (Lipinski definition) is 3. The molecule has 0 saturated heterocycles. The lowest BCUT2D eigenvalue weighted by Crippen LogP contribution is -2.04. The van der Waals surface area contributed by atoms with Crippen molar-refractivity contribution in [1.29, 1.82) is 0 Å². The second kappa shape index (κ2) is 15.9. The lowest BCUT2D eigenvalue weighted by Gasteiger charge is -2.15. The fraction of sp³-hybridized carbons (Fsp3) is 0.0714. The van der Waals surface area contributed by atoms with Crippen molar-refractivity contribution in [2.24, 2.45) is 9.98 Å². The van der Waals surface area contributed by atoms with Crippen LogP contribution in [0, 0.1) is 0 Å². The zero-order valence-corrected chi connectivity index (χ0v) is 36.1. The SMILES string of the molecule is C=C1/C=C\c2c(c3ccccc3n2-c2ccc3sc4c(C(=C)N=C(N=C(C)c5ccccc5)c5cccc6c5sc5ccccc56)cccc4c3c2)Cc2ccccc21.CC. The van der Waals surface area contributed by atoms with Crippen LogP contribution in [0.2, 0.25) is 0 Å². The van der Waals surface area contributed by atoms with Crippen LogP contribution in [0.5, 0.6) is 0 Å². The number of amidine groups is 1. The maximum absolute atomic E-state index is 5.33. The molecule has 1 aliphatic rings. The van der Waals surface area contributed by atoms with Gasteiger partial charge in [-0.25, -0.2) is 9.98 Å². The Kier molecular flexibility index (Phi) is 10.00. The van der Waals surface area contributed by atoms with Gasteiger partial charge in [-0.15, -0.1) is 22.7 Å². The number of thiophene rings is 2. The number of aromatic nitrogens is 1. The Balaban J connectivity index is 0.00000220. The van der Waals surface area contributed by atoms with E-state index in [4.69, 9.17) is 9.98 Å². The third-order valence-corrected chi connectivity index (χ3v) is 14.0. The van der Waals surface area contributed by atoms with Crippen molar-refractivity contribution in [1.82, 2.24) is 4.57 Å². The zero-order chi connectivity index (χ0) is 41.6. The standard InChI is InChI=1S/C54H37N3S2.C2H6/c1-33-27-29-49-46(31-37-17-7-8-18-39(33)37)41-19-9-11-25-48(41)57(49)38-28-30-51-47(32-38)44-23-13-21-40(52(44)59-51)35(3)56-54(55-34(2)36-15-5-4-6-16-36)45-24-14-22-43-42-20-10-12-26-50(42)58-53(43)45;1-2/h4-30,32H,1,3,31H2,2H3;1-2H3/b29-27-,55-34?,56-54?;. The Labute approximate surface area is 364 Å². The van der Waals surface area contributed by atoms with Crippen LogP contribution in [0.4, 0.5) is 0 Å². The quantitative estimate of drug-likeness (QED) is 0.122. The van der Waals surface area contributed by atoms with Gasteiger partial charge in [-0.3, -0.25) is 0 Å². The first-order valence-corrected chi connectivity index (χ1v) is 22.5. The number of nitrogens with zero attached hydrogens (tertiary/aromatic N) is 3. The fourth-order valence-electron chi connectivity index (χ4n) is 8.73. The second-order valence-electron chi connectivity index (χ2n) is 15.1. The summed E-state index contributed by atoms with van der Waals surface area (Å²) in [5.41, 5.74) is 13.0. The summed E-state index contributed by atoms with van der Waals surface area (Å²) in [6.07, 6.45) is 5.26. The van der Waals surface area contributed by atoms with Crippen molar-refractivity contribution >= 4 is 103 Å². The Morgan fingerprint density at radius 1 is 0.590 bits per heavy atom. The third-order valence-electron chi connectivity index (χ3n) is 11.6. The summed E-state index contributed by atoms with van der Waals surface area (Å²) < 4.78 is 7.23. The predicted molar refractivity (Wildman–Crippen MR) is 268 cm³/mol. The predicted octanol–water partition coefficient (Wildman–Crippen LogP) is 15.9. The van der Waals surface area contributed by atoms with Crippen molar-refractivity contribution in [2.75, 3.05) is 0 Å². The minimum Gasteiger partial charge on any atom is -0.310 e. The molecule has 11 rings (SSSR count). The van der Waals surface area contributed by atoms with Gasteiger partial charge in [-0.1, -0.05) is 154 Å². The average Bonchev–Trinajstić information content (AvgIpc) is 3.97. The number of fused-ring (bicyclic) bond motifs is 10. The molecule has 294 valence electrons. The lowest BCUT2D eigenvalue weighted by atomic mass is 9.91. The molecular formula is C56H43N3S2. The van der Waals surface area contributed by atoms with Gasteiger partial charge in [-0.05, 0) is 77.2 Å². The molecular weight excluding hydrogens is 779 g/mol. The summed E-state index contributed by atoms with van der Waals surface area (Å²) in [5.74, 6) is 0.656. The molecule has 3 heterocycles. The Morgan fingerprint density at radius 3 is 2.05 bits per heavy atom. The van der Waals surface area contributed by atoms with Gasteiger partial charge in [0.15, 0.2) is 5.84 Å². The third kappa shape index (κ3) is 6.67. The van der Waals surface area contributed by atoms with Crippen molar-refractivity contribution in [3.05, 3.63) is 216 Å². The highest BCUT2D eigenvalue weighted by atomic mass is 32.1. The molecule has 1 aliphatic carbocycles. The molecule has 3 nitrogen and oxygen atoms in total. The van der Waals surface area contributed by atoms with E-state index < -0.39 is 0 Å². The Bertz CT molecular complexity index is 3460. The first-order chi connectivity index (χ1) is 30.0. The van der Waals surface area contributed by atoms with E-state index in [1.165, 1.54) is 68.9 Å². The van der Waals surface area contributed by atoms with Crippen molar-refractivity contribution in [2.45, 2.75) is 27.2 Å². The smallest absolute Gasteiger partial charge is 0.161 e. The van der Waals surface area contributed by atoms with E-state index in [0.717, 1.165) is 44.8 Å². The molecule has 0 N–H and O–H groups in total. The molecule has 0 unspecified atom stereocenters. The molecule has 10 aromatic rings. The van der Waals surface area contributed by atoms with Crippen LogP contribution in [0.25, 0.3) is 74.3 Å². The van der Waals surface area contributed by atoms with Crippen LogP contribution in [0.1, 0.15) is 59.8 Å². The summed E-state index contributed by atoms with van der Waals surface area (Å²) in [6.45, 7) is 15.1. The largest absolute Gasteiger partial charge is 0.310 e. The van der Waals surface area contributed by atoms with E-state index in [-0.39, 0.29) is 0 Å².